The number of rotatable bonds is 8. The van der Waals surface area contributed by atoms with Crippen LogP contribution in [0, 0.1) is 0 Å². The standard InChI is InChI=1S/C24H26N6O2/c1-16(2)32-14-8-13-26-24(31)20-21-23(29-19-12-7-6-11-18(19)28-21)30(22(20)25)27-15-17-9-4-3-5-10-17/h3-7,9-12,15-16H,8,13-14,25H2,1-2H3,(H,26,31)/b27-15+. The zero-order valence-electron chi connectivity index (χ0n) is 18.2. The van der Waals surface area contributed by atoms with Crippen LogP contribution in [0.5, 0.6) is 0 Å². The van der Waals surface area contributed by atoms with Gasteiger partial charge in [-0.1, -0.05) is 42.5 Å². The van der Waals surface area contributed by atoms with Crippen LogP contribution < -0.4 is 11.1 Å². The van der Waals surface area contributed by atoms with Gasteiger partial charge in [0.15, 0.2) is 5.65 Å². The van der Waals surface area contributed by atoms with Gasteiger partial charge in [0.1, 0.15) is 16.9 Å². The Labute approximate surface area is 186 Å². The number of nitrogen functional groups attached to an aromatic ring is 1. The summed E-state index contributed by atoms with van der Waals surface area (Å²) in [4.78, 5) is 22.4. The first kappa shape index (κ1) is 21.5. The molecule has 164 valence electrons. The second-order valence-electron chi connectivity index (χ2n) is 7.64. The second kappa shape index (κ2) is 9.57. The minimum Gasteiger partial charge on any atom is -0.383 e. The number of benzene rings is 2. The van der Waals surface area contributed by atoms with E-state index in [1.807, 2.05) is 68.4 Å². The molecule has 0 aliphatic heterocycles. The number of fused-ring (bicyclic) bond motifs is 2. The molecule has 0 spiro atoms. The predicted molar refractivity (Wildman–Crippen MR) is 127 cm³/mol. The Bertz CT molecular complexity index is 1260. The number of para-hydroxylation sites is 2. The average molecular weight is 431 g/mol. The van der Waals surface area contributed by atoms with Gasteiger partial charge >= 0.3 is 0 Å². The second-order valence-corrected chi connectivity index (χ2v) is 7.64. The van der Waals surface area contributed by atoms with E-state index in [4.69, 9.17) is 10.5 Å². The van der Waals surface area contributed by atoms with Crippen LogP contribution in [0.15, 0.2) is 59.7 Å². The van der Waals surface area contributed by atoms with Crippen molar-refractivity contribution in [3.63, 3.8) is 0 Å². The highest BCUT2D eigenvalue weighted by molar-refractivity contribution is 6.10. The summed E-state index contributed by atoms with van der Waals surface area (Å²) < 4.78 is 7.00. The summed E-state index contributed by atoms with van der Waals surface area (Å²) in [6.07, 6.45) is 2.53. The van der Waals surface area contributed by atoms with Gasteiger partial charge in [-0.2, -0.15) is 9.78 Å². The summed E-state index contributed by atoms with van der Waals surface area (Å²) in [5.41, 5.74) is 9.81. The van der Waals surface area contributed by atoms with Crippen molar-refractivity contribution in [2.75, 3.05) is 18.9 Å². The number of anilines is 1. The number of nitrogens with zero attached hydrogens (tertiary/aromatic N) is 4. The number of nitrogens with one attached hydrogen (secondary N) is 1. The van der Waals surface area contributed by atoms with E-state index >= 15 is 0 Å². The number of aromatic nitrogens is 3. The molecule has 8 heteroatoms. The molecule has 2 aromatic carbocycles. The SMILES string of the molecule is CC(C)OCCCNC(=O)c1c(N)n(/N=C/c2ccccc2)c2nc3ccccc3nc12. The lowest BCUT2D eigenvalue weighted by Gasteiger charge is -2.08. The van der Waals surface area contributed by atoms with Gasteiger partial charge in [0, 0.05) is 13.2 Å². The first-order valence-electron chi connectivity index (χ1n) is 10.6. The molecule has 0 atom stereocenters. The van der Waals surface area contributed by atoms with Gasteiger partial charge in [-0.15, -0.1) is 0 Å². The normalized spacial score (nSPS) is 11.7. The minimum atomic E-state index is -0.310. The fourth-order valence-electron chi connectivity index (χ4n) is 3.33. The van der Waals surface area contributed by atoms with Crippen LogP contribution in [0.3, 0.4) is 0 Å². The molecule has 2 aromatic heterocycles. The first-order valence-corrected chi connectivity index (χ1v) is 10.6. The highest BCUT2D eigenvalue weighted by Gasteiger charge is 2.23. The third kappa shape index (κ3) is 4.60. The van der Waals surface area contributed by atoms with Crippen molar-refractivity contribution in [3.8, 4) is 0 Å². The van der Waals surface area contributed by atoms with E-state index in [-0.39, 0.29) is 23.4 Å². The molecular weight excluding hydrogens is 404 g/mol. The maximum absolute atomic E-state index is 13.0. The zero-order valence-corrected chi connectivity index (χ0v) is 18.2. The summed E-state index contributed by atoms with van der Waals surface area (Å²) in [7, 11) is 0. The van der Waals surface area contributed by atoms with Crippen LogP contribution in [0.2, 0.25) is 0 Å². The molecule has 4 aromatic rings. The predicted octanol–water partition coefficient (Wildman–Crippen LogP) is 3.59. The van der Waals surface area contributed by atoms with Crippen LogP contribution in [0.25, 0.3) is 22.2 Å². The Hall–Kier alpha value is -3.78. The van der Waals surface area contributed by atoms with Gasteiger partial charge in [-0.3, -0.25) is 4.79 Å². The number of amides is 1. The van der Waals surface area contributed by atoms with Gasteiger partial charge in [0.2, 0.25) is 0 Å². The maximum atomic E-state index is 13.0. The highest BCUT2D eigenvalue weighted by atomic mass is 16.5. The maximum Gasteiger partial charge on any atom is 0.257 e. The summed E-state index contributed by atoms with van der Waals surface area (Å²) in [5.74, 6) is -0.117. The molecule has 0 aliphatic rings. The molecular formula is C24H26N6O2. The van der Waals surface area contributed by atoms with E-state index in [0.717, 1.165) is 5.56 Å². The number of hydrogen-bond donors (Lipinski definition) is 2. The molecule has 0 bridgehead atoms. The van der Waals surface area contributed by atoms with Crippen LogP contribution in [0.4, 0.5) is 5.82 Å². The van der Waals surface area contributed by atoms with Crippen molar-refractivity contribution in [1.82, 2.24) is 20.0 Å². The molecule has 0 saturated carbocycles. The van der Waals surface area contributed by atoms with Gasteiger partial charge in [0.25, 0.3) is 5.91 Å². The lowest BCUT2D eigenvalue weighted by Crippen LogP contribution is -2.26. The average Bonchev–Trinajstić information content (AvgIpc) is 3.06. The molecule has 2 heterocycles. The van der Waals surface area contributed by atoms with E-state index in [1.165, 1.54) is 4.68 Å². The molecule has 0 radical (unpaired) electrons. The zero-order chi connectivity index (χ0) is 22.5. The van der Waals surface area contributed by atoms with Crippen molar-refractivity contribution in [3.05, 3.63) is 65.7 Å². The minimum absolute atomic E-state index is 0.158. The van der Waals surface area contributed by atoms with Gasteiger partial charge in [-0.05, 0) is 38.0 Å². The van der Waals surface area contributed by atoms with Crippen LogP contribution in [0.1, 0.15) is 36.2 Å². The van der Waals surface area contributed by atoms with E-state index in [9.17, 15) is 4.79 Å². The van der Waals surface area contributed by atoms with E-state index in [1.54, 1.807) is 6.21 Å². The summed E-state index contributed by atoms with van der Waals surface area (Å²) in [6, 6.07) is 17.1. The third-order valence-electron chi connectivity index (χ3n) is 4.88. The number of nitrogens with two attached hydrogens (primary N) is 1. The number of carbonyl (C=O) groups is 1. The fourth-order valence-corrected chi connectivity index (χ4v) is 3.33. The lowest BCUT2D eigenvalue weighted by atomic mass is 10.2. The number of hydrogen-bond acceptors (Lipinski definition) is 6. The van der Waals surface area contributed by atoms with Crippen molar-refractivity contribution in [2.24, 2.45) is 5.10 Å². The Morgan fingerprint density at radius 1 is 1.12 bits per heavy atom. The quantitative estimate of drug-likeness (QED) is 0.328. The van der Waals surface area contributed by atoms with Crippen LogP contribution in [-0.2, 0) is 4.74 Å². The molecule has 3 N–H and O–H groups in total. The van der Waals surface area contributed by atoms with Gasteiger partial charge < -0.3 is 15.8 Å². The molecule has 0 unspecified atom stereocenters. The van der Waals surface area contributed by atoms with Gasteiger partial charge in [0.05, 0.1) is 23.4 Å². The molecule has 8 nitrogen and oxygen atoms in total. The third-order valence-corrected chi connectivity index (χ3v) is 4.88. The van der Waals surface area contributed by atoms with Crippen molar-refractivity contribution < 1.29 is 9.53 Å². The summed E-state index contributed by atoms with van der Waals surface area (Å²) in [6.45, 7) is 4.99. The summed E-state index contributed by atoms with van der Waals surface area (Å²) >= 11 is 0. The molecule has 1 amide bonds. The first-order chi connectivity index (χ1) is 15.5. The van der Waals surface area contributed by atoms with E-state index in [2.05, 4.69) is 20.4 Å². The smallest absolute Gasteiger partial charge is 0.257 e. The fraction of sp³-hybridized carbons (Fsp3) is 0.250. The van der Waals surface area contributed by atoms with E-state index < -0.39 is 0 Å². The lowest BCUT2D eigenvalue weighted by molar-refractivity contribution is 0.0757. The monoisotopic (exact) mass is 430 g/mol. The Balaban J connectivity index is 1.71. The van der Waals surface area contributed by atoms with E-state index in [0.29, 0.717) is 41.8 Å². The Kier molecular flexibility index (Phi) is 6.42. The van der Waals surface area contributed by atoms with Crippen molar-refractivity contribution >= 4 is 40.1 Å². The van der Waals surface area contributed by atoms with Crippen molar-refractivity contribution in [1.29, 1.82) is 0 Å². The topological polar surface area (TPSA) is 107 Å². The highest BCUT2D eigenvalue weighted by Crippen LogP contribution is 2.27. The largest absolute Gasteiger partial charge is 0.383 e. The molecule has 4 rings (SSSR count). The number of carbonyl (C=O) groups excluding carboxylic acids is 1. The van der Waals surface area contributed by atoms with Crippen LogP contribution in [-0.4, -0.2) is 46.0 Å². The molecule has 32 heavy (non-hydrogen) atoms. The Morgan fingerprint density at radius 3 is 2.53 bits per heavy atom. The van der Waals surface area contributed by atoms with Crippen molar-refractivity contribution in [2.45, 2.75) is 26.4 Å². The number of ether oxygens (including phenoxy) is 1. The Morgan fingerprint density at radius 2 is 1.81 bits per heavy atom. The molecule has 0 saturated heterocycles. The van der Waals surface area contributed by atoms with Crippen LogP contribution >= 0.6 is 0 Å². The molecule has 0 fully saturated rings. The summed E-state index contributed by atoms with van der Waals surface area (Å²) in [5, 5.41) is 7.42. The molecule has 0 aliphatic carbocycles. The van der Waals surface area contributed by atoms with Gasteiger partial charge in [-0.25, -0.2) is 9.97 Å².